The number of rotatable bonds is 51. The molecule has 0 aromatic heterocycles. The molecule has 0 saturated heterocycles. The van der Waals surface area contributed by atoms with Crippen LogP contribution in [0, 0.1) is 0 Å². The number of phosphoric ester groups is 1. The number of ether oxygens (including phenoxy) is 2. The number of hydrogen-bond acceptors (Lipinski definition) is 9. The summed E-state index contributed by atoms with van der Waals surface area (Å²) in [5.74, 6) is -0.923. The van der Waals surface area contributed by atoms with Crippen LogP contribution in [0.1, 0.15) is 251 Å². The van der Waals surface area contributed by atoms with E-state index in [-0.39, 0.29) is 19.4 Å². The van der Waals surface area contributed by atoms with Crippen molar-refractivity contribution in [2.75, 3.05) is 26.4 Å². The van der Waals surface area contributed by atoms with Gasteiger partial charge in [0.2, 0.25) is 0 Å². The van der Waals surface area contributed by atoms with Crippen molar-refractivity contribution in [2.24, 2.45) is 0 Å². The Hall–Kier alpha value is -2.07. The number of hydrogen-bond donors (Lipinski definition) is 3. The summed E-state index contributed by atoms with van der Waals surface area (Å²) < 4.78 is 32.9. The van der Waals surface area contributed by atoms with E-state index in [1.165, 1.54) is 141 Å². The van der Waals surface area contributed by atoms with Crippen molar-refractivity contribution in [3.8, 4) is 0 Å². The van der Waals surface area contributed by atoms with Crippen molar-refractivity contribution in [1.82, 2.24) is 0 Å². The number of aliphatic hydroxyl groups is 2. The van der Waals surface area contributed by atoms with Crippen LogP contribution in [0.25, 0.3) is 0 Å². The molecule has 11 heteroatoms. The molecule has 3 N–H and O–H groups in total. The SMILES string of the molecule is CC/C=C\C/C=C\C/C=C\C/C=C\CCCCCCCCCCC(=O)OC(COC(=O)CCCCCCCCCCCCCCCCCCCCCCCC)COP(=O)(O)OCC(O)CO. The molecule has 0 bridgehead atoms. The van der Waals surface area contributed by atoms with Crippen LogP contribution in [-0.2, 0) is 32.7 Å². The second-order valence-corrected chi connectivity index (χ2v) is 19.7. The molecule has 0 spiro atoms. The summed E-state index contributed by atoms with van der Waals surface area (Å²) in [5, 5.41) is 18.4. The largest absolute Gasteiger partial charge is 0.472 e. The van der Waals surface area contributed by atoms with Crippen LogP contribution < -0.4 is 0 Å². The number of esters is 2. The van der Waals surface area contributed by atoms with Gasteiger partial charge in [0.25, 0.3) is 0 Å². The van der Waals surface area contributed by atoms with Crippen molar-refractivity contribution in [2.45, 2.75) is 264 Å². The van der Waals surface area contributed by atoms with Gasteiger partial charge in [0.1, 0.15) is 12.7 Å². The minimum atomic E-state index is -4.63. The molecule has 0 aromatic rings. The molecule has 0 fully saturated rings. The average Bonchev–Trinajstić information content (AvgIpc) is 3.31. The third-order valence-corrected chi connectivity index (χ3v) is 12.7. The number of aliphatic hydroxyl groups excluding tert-OH is 2. The van der Waals surface area contributed by atoms with Gasteiger partial charge in [-0.2, -0.15) is 0 Å². The van der Waals surface area contributed by atoms with Gasteiger partial charge in [-0.1, -0.05) is 236 Å². The van der Waals surface area contributed by atoms with E-state index in [4.69, 9.17) is 23.6 Å². The van der Waals surface area contributed by atoms with E-state index in [1.807, 2.05) is 0 Å². The van der Waals surface area contributed by atoms with E-state index in [0.29, 0.717) is 12.8 Å². The Morgan fingerprint density at radius 2 is 0.833 bits per heavy atom. The molecule has 0 aliphatic carbocycles. The molecule has 0 amide bonds. The van der Waals surface area contributed by atoms with Gasteiger partial charge < -0.3 is 24.6 Å². The number of carbonyl (C=O) groups is 2. The lowest BCUT2D eigenvalue weighted by Crippen LogP contribution is -2.29. The van der Waals surface area contributed by atoms with Crippen LogP contribution in [0.15, 0.2) is 48.6 Å². The average molecular weight is 953 g/mol. The maximum Gasteiger partial charge on any atom is 0.472 e. The van der Waals surface area contributed by atoms with Gasteiger partial charge in [0.05, 0.1) is 19.8 Å². The van der Waals surface area contributed by atoms with Crippen molar-refractivity contribution >= 4 is 19.8 Å². The lowest BCUT2D eigenvalue weighted by Gasteiger charge is -2.20. The van der Waals surface area contributed by atoms with Gasteiger partial charge in [-0.15, -0.1) is 0 Å². The van der Waals surface area contributed by atoms with Crippen LogP contribution in [0.5, 0.6) is 0 Å². The van der Waals surface area contributed by atoms with Crippen LogP contribution in [0.4, 0.5) is 0 Å². The predicted octanol–water partition coefficient (Wildman–Crippen LogP) is 15.6. The van der Waals surface area contributed by atoms with Gasteiger partial charge in [-0.25, -0.2) is 4.57 Å². The van der Waals surface area contributed by atoms with Gasteiger partial charge in [-0.3, -0.25) is 18.6 Å². The molecule has 0 saturated carbocycles. The van der Waals surface area contributed by atoms with E-state index in [1.54, 1.807) is 0 Å². The molecule has 3 unspecified atom stereocenters. The van der Waals surface area contributed by atoms with Crippen molar-refractivity contribution in [3.05, 3.63) is 48.6 Å². The molecule has 0 rings (SSSR count). The molecule has 3 atom stereocenters. The zero-order chi connectivity index (χ0) is 48.3. The van der Waals surface area contributed by atoms with E-state index in [2.05, 4.69) is 62.5 Å². The lowest BCUT2D eigenvalue weighted by molar-refractivity contribution is -0.161. The quantitative estimate of drug-likeness (QED) is 0.0233. The molecule has 0 heterocycles. The zero-order valence-corrected chi connectivity index (χ0v) is 43.3. The highest BCUT2D eigenvalue weighted by Crippen LogP contribution is 2.43. The molecule has 66 heavy (non-hydrogen) atoms. The van der Waals surface area contributed by atoms with Crippen molar-refractivity contribution in [1.29, 1.82) is 0 Å². The first-order valence-corrected chi connectivity index (χ1v) is 28.6. The summed E-state index contributed by atoms with van der Waals surface area (Å²) in [4.78, 5) is 35.2. The standard InChI is InChI=1S/C55H101O10P/c1-3-5-7-9-11-13-15-17-19-21-23-25-27-28-30-32-34-36-38-40-42-44-46-54(58)62-50-53(51-64-66(60,61)63-49-52(57)48-56)65-55(59)47-45-43-41-39-37-35-33-31-29-26-24-22-20-18-16-14-12-10-8-6-4-2/h6,8,12,14,18,20,24,26,52-53,56-57H,3-5,7,9-11,13,15-17,19,21-23,25,27-51H2,1-2H3,(H,60,61)/b8-6-,14-12-,20-18-,26-24-. The lowest BCUT2D eigenvalue weighted by atomic mass is 10.0. The highest BCUT2D eigenvalue weighted by atomic mass is 31.2. The van der Waals surface area contributed by atoms with Crippen LogP contribution in [-0.4, -0.2) is 65.7 Å². The molecule has 0 aliphatic rings. The molecular formula is C55H101O10P. The zero-order valence-electron chi connectivity index (χ0n) is 42.4. The molecule has 10 nitrogen and oxygen atoms in total. The number of carbonyl (C=O) groups excluding carboxylic acids is 2. The minimum Gasteiger partial charge on any atom is -0.462 e. The van der Waals surface area contributed by atoms with Gasteiger partial charge >= 0.3 is 19.8 Å². The number of unbranched alkanes of at least 4 members (excludes halogenated alkanes) is 29. The monoisotopic (exact) mass is 953 g/mol. The number of phosphoric acid groups is 1. The highest BCUT2D eigenvalue weighted by molar-refractivity contribution is 7.47. The Labute approximate surface area is 404 Å². The van der Waals surface area contributed by atoms with Gasteiger partial charge in [0, 0.05) is 12.8 Å². The van der Waals surface area contributed by atoms with Crippen molar-refractivity contribution in [3.63, 3.8) is 0 Å². The van der Waals surface area contributed by atoms with E-state index in [0.717, 1.165) is 70.6 Å². The molecular weight excluding hydrogens is 852 g/mol. The van der Waals surface area contributed by atoms with E-state index >= 15 is 0 Å². The summed E-state index contributed by atoms with van der Waals surface area (Å²) in [7, 11) is -4.63. The Morgan fingerprint density at radius 1 is 0.470 bits per heavy atom. The first-order chi connectivity index (χ1) is 32.2. The summed E-state index contributed by atoms with van der Waals surface area (Å²) >= 11 is 0. The summed E-state index contributed by atoms with van der Waals surface area (Å²) in [6.45, 7) is 2.31. The van der Waals surface area contributed by atoms with Crippen molar-refractivity contribution < 1.29 is 47.8 Å². The maximum absolute atomic E-state index is 12.7. The Bertz CT molecular complexity index is 1230. The second-order valence-electron chi connectivity index (χ2n) is 18.2. The maximum atomic E-state index is 12.7. The summed E-state index contributed by atoms with van der Waals surface area (Å²) in [5.41, 5.74) is 0. The normalized spacial score (nSPS) is 14.0. The molecule has 386 valence electrons. The molecule has 0 aliphatic heterocycles. The van der Waals surface area contributed by atoms with Gasteiger partial charge in [-0.05, 0) is 51.4 Å². The fraction of sp³-hybridized carbons (Fsp3) is 0.818. The number of allylic oxidation sites excluding steroid dienone is 8. The molecule has 0 aromatic carbocycles. The summed E-state index contributed by atoms with van der Waals surface area (Å²) in [6, 6.07) is 0. The second kappa shape index (κ2) is 50.8. The first-order valence-electron chi connectivity index (χ1n) is 27.1. The Kier molecular flexibility index (Phi) is 49.2. The first kappa shape index (κ1) is 63.9. The summed E-state index contributed by atoms with van der Waals surface area (Å²) in [6.07, 6.45) is 57.9. The van der Waals surface area contributed by atoms with E-state index in [9.17, 15) is 24.2 Å². The fourth-order valence-corrected chi connectivity index (χ4v) is 8.42. The third-order valence-electron chi connectivity index (χ3n) is 11.7. The molecule has 0 radical (unpaired) electrons. The van der Waals surface area contributed by atoms with Crippen LogP contribution in [0.3, 0.4) is 0 Å². The van der Waals surface area contributed by atoms with Gasteiger partial charge in [0.15, 0.2) is 6.10 Å². The van der Waals surface area contributed by atoms with Crippen LogP contribution in [0.2, 0.25) is 0 Å². The topological polar surface area (TPSA) is 149 Å². The highest BCUT2D eigenvalue weighted by Gasteiger charge is 2.27. The smallest absolute Gasteiger partial charge is 0.462 e. The Morgan fingerprint density at radius 3 is 1.26 bits per heavy atom. The third kappa shape index (κ3) is 49.8. The predicted molar refractivity (Wildman–Crippen MR) is 274 cm³/mol. The van der Waals surface area contributed by atoms with E-state index < -0.39 is 51.8 Å². The van der Waals surface area contributed by atoms with Crippen LogP contribution >= 0.6 is 7.82 Å². The fourth-order valence-electron chi connectivity index (χ4n) is 7.63. The Balaban J connectivity index is 4.14. The minimum absolute atomic E-state index is 0.175.